The topological polar surface area (TPSA) is 32.3 Å². The van der Waals surface area contributed by atoms with Crippen molar-refractivity contribution in [3.05, 3.63) is 0 Å². The van der Waals surface area contributed by atoms with Crippen molar-refractivity contribution in [1.82, 2.24) is 10.2 Å². The second-order valence-corrected chi connectivity index (χ2v) is 5.24. The van der Waals surface area contributed by atoms with E-state index in [9.17, 15) is 4.79 Å². The number of amides is 2. The zero-order chi connectivity index (χ0) is 9.97. The van der Waals surface area contributed by atoms with Gasteiger partial charge in [0.15, 0.2) is 0 Å². The van der Waals surface area contributed by atoms with Gasteiger partial charge in [0.2, 0.25) is 0 Å². The van der Waals surface area contributed by atoms with Gasteiger partial charge in [-0.05, 0) is 25.5 Å². The van der Waals surface area contributed by atoms with Crippen LogP contribution in [0, 0.1) is 0 Å². The summed E-state index contributed by atoms with van der Waals surface area (Å²) in [4.78, 5) is 13.5. The third kappa shape index (κ3) is 2.00. The van der Waals surface area contributed by atoms with Gasteiger partial charge in [0.05, 0.1) is 0 Å². The van der Waals surface area contributed by atoms with Gasteiger partial charge in [-0.2, -0.15) is 11.8 Å². The van der Waals surface area contributed by atoms with E-state index in [2.05, 4.69) is 11.6 Å². The van der Waals surface area contributed by atoms with Gasteiger partial charge in [-0.25, -0.2) is 4.79 Å². The molecule has 2 amide bonds. The van der Waals surface area contributed by atoms with Crippen LogP contribution in [-0.2, 0) is 0 Å². The van der Waals surface area contributed by atoms with Gasteiger partial charge in [0.25, 0.3) is 0 Å². The minimum Gasteiger partial charge on any atom is -0.336 e. The molecule has 0 aromatic carbocycles. The molecule has 1 aliphatic carbocycles. The second-order valence-electron chi connectivity index (χ2n) is 4.10. The lowest BCUT2D eigenvalue weighted by molar-refractivity contribution is 0.181. The van der Waals surface area contributed by atoms with Gasteiger partial charge in [0, 0.05) is 24.4 Å². The van der Waals surface area contributed by atoms with Gasteiger partial charge >= 0.3 is 6.03 Å². The molecule has 14 heavy (non-hydrogen) atoms. The van der Waals surface area contributed by atoms with Gasteiger partial charge in [-0.3, -0.25) is 0 Å². The van der Waals surface area contributed by atoms with Crippen molar-refractivity contribution in [2.24, 2.45) is 0 Å². The molecule has 1 heterocycles. The zero-order valence-electron chi connectivity index (χ0n) is 8.66. The van der Waals surface area contributed by atoms with E-state index in [1.807, 2.05) is 16.7 Å². The molecule has 2 fully saturated rings. The molecule has 2 aliphatic rings. The molecule has 2 atom stereocenters. The summed E-state index contributed by atoms with van der Waals surface area (Å²) in [5.41, 5.74) is 0. The number of hydrogen-bond acceptors (Lipinski definition) is 2. The number of hydrogen-bond donors (Lipinski definition) is 1. The Kier molecular flexibility index (Phi) is 3.21. The average Bonchev–Trinajstić information content (AvgIpc) is 2.65. The van der Waals surface area contributed by atoms with Crippen LogP contribution in [0.25, 0.3) is 0 Å². The van der Waals surface area contributed by atoms with Gasteiger partial charge in [0.1, 0.15) is 0 Å². The fourth-order valence-electron chi connectivity index (χ4n) is 2.45. The highest BCUT2D eigenvalue weighted by Gasteiger charge is 2.31. The minimum atomic E-state index is 0.150. The van der Waals surface area contributed by atoms with Crippen LogP contribution in [0.5, 0.6) is 0 Å². The molecule has 1 saturated heterocycles. The summed E-state index contributed by atoms with van der Waals surface area (Å²) in [7, 11) is 0. The maximum Gasteiger partial charge on any atom is 0.317 e. The number of nitrogens with one attached hydrogen (secondary N) is 1. The van der Waals surface area contributed by atoms with Crippen molar-refractivity contribution < 1.29 is 4.79 Å². The molecule has 0 spiro atoms. The van der Waals surface area contributed by atoms with E-state index < -0.39 is 0 Å². The summed E-state index contributed by atoms with van der Waals surface area (Å²) < 4.78 is 0. The van der Waals surface area contributed by atoms with Crippen molar-refractivity contribution in [3.63, 3.8) is 0 Å². The SMILES string of the molecule is CSC1CCCC(N2CCNC2=O)C1. The van der Waals surface area contributed by atoms with Gasteiger partial charge < -0.3 is 10.2 Å². The number of carbonyl (C=O) groups excluding carboxylic acids is 1. The monoisotopic (exact) mass is 214 g/mol. The summed E-state index contributed by atoms with van der Waals surface area (Å²) in [5.74, 6) is 0. The van der Waals surface area contributed by atoms with E-state index in [-0.39, 0.29) is 6.03 Å². The van der Waals surface area contributed by atoms with Crippen molar-refractivity contribution in [2.75, 3.05) is 19.3 Å². The highest BCUT2D eigenvalue weighted by Crippen LogP contribution is 2.30. The first-order valence-corrected chi connectivity index (χ1v) is 6.67. The van der Waals surface area contributed by atoms with Crippen molar-refractivity contribution in [1.29, 1.82) is 0 Å². The number of carbonyl (C=O) groups is 1. The quantitative estimate of drug-likeness (QED) is 0.758. The summed E-state index contributed by atoms with van der Waals surface area (Å²) in [6.45, 7) is 1.74. The first-order chi connectivity index (χ1) is 6.81. The first-order valence-electron chi connectivity index (χ1n) is 5.38. The highest BCUT2D eigenvalue weighted by atomic mass is 32.2. The first kappa shape index (κ1) is 10.1. The Labute approximate surface area is 89.6 Å². The molecule has 2 rings (SSSR count). The van der Waals surface area contributed by atoms with Crippen LogP contribution in [0.2, 0.25) is 0 Å². The summed E-state index contributed by atoms with van der Waals surface area (Å²) in [5, 5.41) is 3.65. The predicted octanol–water partition coefficient (Wildman–Crippen LogP) is 1.69. The molecule has 3 nitrogen and oxygen atoms in total. The molecule has 1 aliphatic heterocycles. The van der Waals surface area contributed by atoms with Crippen LogP contribution >= 0.6 is 11.8 Å². The lowest BCUT2D eigenvalue weighted by Crippen LogP contribution is -2.41. The molecule has 0 aromatic rings. The predicted molar refractivity (Wildman–Crippen MR) is 59.7 cm³/mol. The second kappa shape index (κ2) is 4.43. The van der Waals surface area contributed by atoms with Crippen LogP contribution in [0.1, 0.15) is 25.7 Å². The molecule has 0 aromatic heterocycles. The van der Waals surface area contributed by atoms with Crippen LogP contribution in [0.15, 0.2) is 0 Å². The largest absolute Gasteiger partial charge is 0.336 e. The molecule has 0 radical (unpaired) electrons. The van der Waals surface area contributed by atoms with Crippen LogP contribution in [-0.4, -0.2) is 41.6 Å². The third-order valence-corrected chi connectivity index (χ3v) is 4.36. The van der Waals surface area contributed by atoms with Crippen LogP contribution in [0.3, 0.4) is 0 Å². The van der Waals surface area contributed by atoms with Crippen LogP contribution < -0.4 is 5.32 Å². The van der Waals surface area contributed by atoms with Gasteiger partial charge in [-0.15, -0.1) is 0 Å². The average molecular weight is 214 g/mol. The summed E-state index contributed by atoms with van der Waals surface area (Å²) >= 11 is 1.95. The molecule has 1 saturated carbocycles. The highest BCUT2D eigenvalue weighted by molar-refractivity contribution is 7.99. The van der Waals surface area contributed by atoms with Crippen molar-refractivity contribution in [2.45, 2.75) is 37.0 Å². The Hall–Kier alpha value is -0.380. The lowest BCUT2D eigenvalue weighted by Gasteiger charge is -2.33. The van der Waals surface area contributed by atoms with E-state index in [0.717, 1.165) is 18.3 Å². The maximum atomic E-state index is 11.5. The Balaban J connectivity index is 1.93. The maximum absolute atomic E-state index is 11.5. The van der Waals surface area contributed by atoms with Gasteiger partial charge in [-0.1, -0.05) is 6.42 Å². The molecule has 4 heteroatoms. The number of nitrogens with zero attached hydrogens (tertiary/aromatic N) is 1. The van der Waals surface area contributed by atoms with Crippen LogP contribution in [0.4, 0.5) is 4.79 Å². The summed E-state index contributed by atoms with van der Waals surface area (Å²) in [6, 6.07) is 0.653. The van der Waals surface area contributed by atoms with E-state index in [4.69, 9.17) is 0 Å². The number of thioether (sulfide) groups is 1. The molecule has 80 valence electrons. The molecular formula is C10H18N2OS. The van der Waals surface area contributed by atoms with Crippen molar-refractivity contribution in [3.8, 4) is 0 Å². The Morgan fingerprint density at radius 2 is 2.36 bits per heavy atom. The molecule has 1 N–H and O–H groups in total. The molecular weight excluding hydrogens is 196 g/mol. The third-order valence-electron chi connectivity index (χ3n) is 3.26. The Morgan fingerprint density at radius 1 is 1.50 bits per heavy atom. The smallest absolute Gasteiger partial charge is 0.317 e. The Bertz CT molecular complexity index is 222. The van der Waals surface area contributed by atoms with E-state index in [1.54, 1.807) is 0 Å². The van der Waals surface area contributed by atoms with E-state index >= 15 is 0 Å². The van der Waals surface area contributed by atoms with E-state index in [0.29, 0.717) is 6.04 Å². The summed E-state index contributed by atoms with van der Waals surface area (Å²) in [6.07, 6.45) is 7.17. The number of urea groups is 1. The Morgan fingerprint density at radius 3 is 3.00 bits per heavy atom. The molecule has 0 bridgehead atoms. The minimum absolute atomic E-state index is 0.150. The van der Waals surface area contributed by atoms with Crippen molar-refractivity contribution >= 4 is 17.8 Å². The molecule has 2 unspecified atom stereocenters. The van der Waals surface area contributed by atoms with E-state index in [1.165, 1.54) is 25.7 Å². The zero-order valence-corrected chi connectivity index (χ0v) is 9.48. The fraction of sp³-hybridized carbons (Fsp3) is 0.900. The standard InChI is InChI=1S/C10H18N2OS/c1-14-9-4-2-3-8(7-9)12-6-5-11-10(12)13/h8-9H,2-7H2,1H3,(H,11,13). The fourth-order valence-corrected chi connectivity index (χ4v) is 3.27. The number of rotatable bonds is 2. The normalized spacial score (nSPS) is 33.2. The lowest BCUT2D eigenvalue weighted by atomic mass is 9.94.